The maximum absolute atomic E-state index is 5.01. The highest BCUT2D eigenvalue weighted by atomic mass is 79.9. The van der Waals surface area contributed by atoms with Crippen molar-refractivity contribution >= 4 is 21.7 Å². The van der Waals surface area contributed by atoms with Crippen LogP contribution in [0.25, 0.3) is 0 Å². The van der Waals surface area contributed by atoms with Crippen LogP contribution in [0, 0.1) is 6.92 Å². The van der Waals surface area contributed by atoms with Gasteiger partial charge in [-0.1, -0.05) is 6.07 Å². The van der Waals surface area contributed by atoms with Crippen LogP contribution in [-0.4, -0.2) is 17.1 Å². The Morgan fingerprint density at radius 1 is 1.28 bits per heavy atom. The first-order valence-electron chi connectivity index (χ1n) is 5.54. The van der Waals surface area contributed by atoms with Gasteiger partial charge in [-0.25, -0.2) is 9.97 Å². The third-order valence-electron chi connectivity index (χ3n) is 2.44. The van der Waals surface area contributed by atoms with Crippen molar-refractivity contribution in [3.8, 4) is 5.88 Å². The van der Waals surface area contributed by atoms with E-state index in [4.69, 9.17) is 4.74 Å². The molecule has 94 valence electrons. The van der Waals surface area contributed by atoms with Crippen LogP contribution in [0.1, 0.15) is 11.1 Å². The highest BCUT2D eigenvalue weighted by Crippen LogP contribution is 2.21. The van der Waals surface area contributed by atoms with Gasteiger partial charge in [0.1, 0.15) is 5.82 Å². The number of ether oxygens (including phenoxy) is 1. The van der Waals surface area contributed by atoms with Gasteiger partial charge in [0.25, 0.3) is 0 Å². The molecule has 0 spiro atoms. The molecule has 2 rings (SSSR count). The van der Waals surface area contributed by atoms with Crippen molar-refractivity contribution in [2.45, 2.75) is 13.5 Å². The van der Waals surface area contributed by atoms with E-state index < -0.39 is 0 Å². The largest absolute Gasteiger partial charge is 0.481 e. The predicted octanol–water partition coefficient (Wildman–Crippen LogP) is 3.17. The van der Waals surface area contributed by atoms with E-state index in [1.807, 2.05) is 31.3 Å². The average molecular weight is 308 g/mol. The van der Waals surface area contributed by atoms with E-state index in [1.165, 1.54) is 0 Å². The Labute approximate surface area is 115 Å². The van der Waals surface area contributed by atoms with Crippen LogP contribution in [-0.2, 0) is 6.54 Å². The van der Waals surface area contributed by atoms with Gasteiger partial charge in [-0.3, -0.25) is 0 Å². The van der Waals surface area contributed by atoms with Gasteiger partial charge in [0.05, 0.1) is 11.6 Å². The van der Waals surface area contributed by atoms with Gasteiger partial charge in [-0.2, -0.15) is 0 Å². The summed E-state index contributed by atoms with van der Waals surface area (Å²) in [5.41, 5.74) is 2.20. The number of hydrogen-bond donors (Lipinski definition) is 1. The van der Waals surface area contributed by atoms with Gasteiger partial charge in [0.2, 0.25) is 5.88 Å². The summed E-state index contributed by atoms with van der Waals surface area (Å²) in [6.07, 6.45) is 3.62. The predicted molar refractivity (Wildman–Crippen MR) is 74.8 cm³/mol. The molecule has 2 heterocycles. The Hall–Kier alpha value is -1.62. The molecule has 0 unspecified atom stereocenters. The lowest BCUT2D eigenvalue weighted by atomic mass is 10.3. The summed E-state index contributed by atoms with van der Waals surface area (Å²) < 4.78 is 5.97. The number of methoxy groups -OCH3 is 1. The van der Waals surface area contributed by atoms with Gasteiger partial charge in [0.15, 0.2) is 0 Å². The van der Waals surface area contributed by atoms with Crippen molar-refractivity contribution in [1.82, 2.24) is 9.97 Å². The van der Waals surface area contributed by atoms with Gasteiger partial charge < -0.3 is 10.1 Å². The fourth-order valence-electron chi connectivity index (χ4n) is 1.49. The number of aromatic nitrogens is 2. The van der Waals surface area contributed by atoms with Crippen molar-refractivity contribution in [1.29, 1.82) is 0 Å². The maximum atomic E-state index is 5.01. The standard InChI is InChI=1S/C13H14BrN3O/c1-9-5-11(14)13(16-6-9)17-8-10-3-4-12(18-2)15-7-10/h3-7H,8H2,1-2H3,(H,16,17). The van der Waals surface area contributed by atoms with E-state index >= 15 is 0 Å². The number of hydrogen-bond acceptors (Lipinski definition) is 4. The summed E-state index contributed by atoms with van der Waals surface area (Å²) in [5, 5.41) is 3.26. The summed E-state index contributed by atoms with van der Waals surface area (Å²) >= 11 is 3.48. The van der Waals surface area contributed by atoms with Gasteiger partial charge in [-0.15, -0.1) is 0 Å². The number of aryl methyl sites for hydroxylation is 1. The summed E-state index contributed by atoms with van der Waals surface area (Å²) in [4.78, 5) is 8.48. The van der Waals surface area contributed by atoms with Crippen LogP contribution in [0.15, 0.2) is 35.1 Å². The number of halogens is 1. The van der Waals surface area contributed by atoms with Crippen molar-refractivity contribution in [2.24, 2.45) is 0 Å². The molecule has 18 heavy (non-hydrogen) atoms. The Kier molecular flexibility index (Phi) is 4.15. The minimum absolute atomic E-state index is 0.619. The van der Waals surface area contributed by atoms with E-state index in [-0.39, 0.29) is 0 Å². The average Bonchev–Trinajstić information content (AvgIpc) is 2.38. The van der Waals surface area contributed by atoms with Crippen molar-refractivity contribution in [3.63, 3.8) is 0 Å². The lowest BCUT2D eigenvalue weighted by molar-refractivity contribution is 0.397. The van der Waals surface area contributed by atoms with Crippen LogP contribution in [0.4, 0.5) is 5.82 Å². The molecule has 0 saturated heterocycles. The van der Waals surface area contributed by atoms with Crippen LogP contribution < -0.4 is 10.1 Å². The molecule has 2 aromatic heterocycles. The van der Waals surface area contributed by atoms with E-state index in [0.717, 1.165) is 21.4 Å². The highest BCUT2D eigenvalue weighted by molar-refractivity contribution is 9.10. The summed E-state index contributed by atoms with van der Waals surface area (Å²) in [6, 6.07) is 5.84. The van der Waals surface area contributed by atoms with Gasteiger partial charge in [0, 0.05) is 25.0 Å². The number of pyridine rings is 2. The molecule has 1 N–H and O–H groups in total. The van der Waals surface area contributed by atoms with E-state index in [1.54, 1.807) is 13.3 Å². The van der Waals surface area contributed by atoms with Crippen molar-refractivity contribution in [2.75, 3.05) is 12.4 Å². The number of nitrogens with one attached hydrogen (secondary N) is 1. The Morgan fingerprint density at radius 2 is 2.11 bits per heavy atom. The summed E-state index contributed by atoms with van der Waals surface area (Å²) in [6.45, 7) is 2.68. The van der Waals surface area contributed by atoms with Crippen molar-refractivity contribution in [3.05, 3.63) is 46.2 Å². The van der Waals surface area contributed by atoms with Gasteiger partial charge in [-0.05, 0) is 40.0 Å². The topological polar surface area (TPSA) is 47.0 Å². The molecule has 0 aliphatic heterocycles. The van der Waals surface area contributed by atoms with Gasteiger partial charge >= 0.3 is 0 Å². The Bertz CT molecular complexity index is 528. The Balaban J connectivity index is 2.02. The zero-order chi connectivity index (χ0) is 13.0. The Morgan fingerprint density at radius 3 is 2.72 bits per heavy atom. The lowest BCUT2D eigenvalue weighted by Gasteiger charge is -2.08. The second kappa shape index (κ2) is 5.82. The molecule has 4 nitrogen and oxygen atoms in total. The molecular weight excluding hydrogens is 294 g/mol. The molecule has 0 amide bonds. The van der Waals surface area contributed by atoms with Crippen LogP contribution in [0.3, 0.4) is 0 Å². The zero-order valence-corrected chi connectivity index (χ0v) is 11.9. The fourth-order valence-corrected chi connectivity index (χ4v) is 2.09. The highest BCUT2D eigenvalue weighted by Gasteiger charge is 2.02. The minimum atomic E-state index is 0.619. The number of rotatable bonds is 4. The SMILES string of the molecule is COc1ccc(CNc2ncc(C)cc2Br)cn1. The monoisotopic (exact) mass is 307 g/mol. The first kappa shape index (κ1) is 12.8. The fraction of sp³-hybridized carbons (Fsp3) is 0.231. The molecular formula is C13H14BrN3O. The number of nitrogens with zero attached hydrogens (tertiary/aromatic N) is 2. The molecule has 0 bridgehead atoms. The molecule has 0 aromatic carbocycles. The van der Waals surface area contributed by atoms with E-state index in [0.29, 0.717) is 12.4 Å². The summed E-state index contributed by atoms with van der Waals surface area (Å²) in [7, 11) is 1.60. The quantitative estimate of drug-likeness (QED) is 0.942. The molecule has 0 aliphatic rings. The van der Waals surface area contributed by atoms with Crippen molar-refractivity contribution < 1.29 is 4.74 Å². The van der Waals surface area contributed by atoms with E-state index in [9.17, 15) is 0 Å². The van der Waals surface area contributed by atoms with Crippen LogP contribution in [0.2, 0.25) is 0 Å². The van der Waals surface area contributed by atoms with Crippen LogP contribution in [0.5, 0.6) is 5.88 Å². The third kappa shape index (κ3) is 3.20. The second-order valence-electron chi connectivity index (χ2n) is 3.91. The first-order valence-corrected chi connectivity index (χ1v) is 6.33. The molecule has 0 aliphatic carbocycles. The first-order chi connectivity index (χ1) is 8.69. The minimum Gasteiger partial charge on any atom is -0.481 e. The normalized spacial score (nSPS) is 10.2. The molecule has 0 fully saturated rings. The maximum Gasteiger partial charge on any atom is 0.212 e. The van der Waals surface area contributed by atoms with Crippen LogP contribution >= 0.6 is 15.9 Å². The molecule has 2 aromatic rings. The zero-order valence-electron chi connectivity index (χ0n) is 10.3. The second-order valence-corrected chi connectivity index (χ2v) is 4.76. The third-order valence-corrected chi connectivity index (χ3v) is 3.05. The molecule has 0 radical (unpaired) electrons. The smallest absolute Gasteiger partial charge is 0.212 e. The molecule has 0 saturated carbocycles. The molecule has 0 atom stereocenters. The summed E-state index contributed by atoms with van der Waals surface area (Å²) in [5.74, 6) is 1.45. The molecule has 5 heteroatoms. The van der Waals surface area contributed by atoms with E-state index in [2.05, 4.69) is 31.2 Å². The lowest BCUT2D eigenvalue weighted by Crippen LogP contribution is -2.02. The number of anilines is 1.